The van der Waals surface area contributed by atoms with E-state index >= 15 is 0 Å². The van der Waals surface area contributed by atoms with Crippen molar-refractivity contribution in [1.29, 1.82) is 0 Å². The molecule has 0 saturated carbocycles. The van der Waals surface area contributed by atoms with E-state index in [-0.39, 0.29) is 12.5 Å². The summed E-state index contributed by atoms with van der Waals surface area (Å²) in [5, 5.41) is 3.26. The minimum Gasteiger partial charge on any atom is -0.451 e. The van der Waals surface area contributed by atoms with Gasteiger partial charge in [-0.1, -0.05) is 31.0 Å². The van der Waals surface area contributed by atoms with Crippen LogP contribution in [0.4, 0.5) is 5.69 Å². The molecule has 1 atom stereocenters. The predicted octanol–water partition coefficient (Wildman–Crippen LogP) is 5.02. The lowest BCUT2D eigenvalue weighted by molar-refractivity contribution is -0.119. The van der Waals surface area contributed by atoms with Crippen LogP contribution >= 0.6 is 22.9 Å². The molecule has 0 radical (unpaired) electrons. The number of amides is 1. The second kappa shape index (κ2) is 8.23. The van der Waals surface area contributed by atoms with Crippen molar-refractivity contribution in [3.8, 4) is 0 Å². The van der Waals surface area contributed by atoms with Gasteiger partial charge >= 0.3 is 5.97 Å². The van der Waals surface area contributed by atoms with Crippen LogP contribution in [0.15, 0.2) is 24.3 Å². The summed E-state index contributed by atoms with van der Waals surface area (Å²) in [6.07, 6.45) is 4.41. The molecule has 0 fully saturated rings. The van der Waals surface area contributed by atoms with Gasteiger partial charge in [0.2, 0.25) is 0 Å². The van der Waals surface area contributed by atoms with Gasteiger partial charge in [-0.3, -0.25) is 4.79 Å². The number of hydrogen-bond donors (Lipinski definition) is 1. The van der Waals surface area contributed by atoms with E-state index in [9.17, 15) is 9.59 Å². The Bertz CT molecular complexity index is 830. The fourth-order valence-corrected chi connectivity index (χ4v) is 4.44. The number of carbonyl (C=O) groups excluding carboxylic acids is 2. The van der Waals surface area contributed by atoms with E-state index < -0.39 is 5.97 Å². The van der Waals surface area contributed by atoms with Gasteiger partial charge in [0.25, 0.3) is 5.91 Å². The quantitative estimate of drug-likeness (QED) is 0.728. The molecule has 1 aromatic carbocycles. The Morgan fingerprint density at radius 1 is 1.35 bits per heavy atom. The van der Waals surface area contributed by atoms with Crippen LogP contribution in [0.1, 0.15) is 45.4 Å². The Morgan fingerprint density at radius 2 is 2.15 bits per heavy atom. The van der Waals surface area contributed by atoms with Crippen LogP contribution in [0.25, 0.3) is 0 Å². The number of benzene rings is 1. The minimum atomic E-state index is -0.435. The van der Waals surface area contributed by atoms with Crippen LogP contribution in [-0.2, 0) is 22.4 Å². The molecule has 6 heteroatoms. The van der Waals surface area contributed by atoms with E-state index in [2.05, 4.69) is 12.2 Å². The molecule has 1 amide bonds. The Morgan fingerprint density at radius 3 is 2.92 bits per heavy atom. The lowest BCUT2D eigenvalue weighted by Gasteiger charge is -2.19. The van der Waals surface area contributed by atoms with Crippen LogP contribution in [0.5, 0.6) is 0 Å². The van der Waals surface area contributed by atoms with Crippen molar-refractivity contribution in [3.63, 3.8) is 0 Å². The molecular weight excluding hydrogens is 370 g/mol. The van der Waals surface area contributed by atoms with E-state index in [4.69, 9.17) is 16.3 Å². The van der Waals surface area contributed by atoms with Crippen LogP contribution in [0, 0.1) is 12.8 Å². The predicted molar refractivity (Wildman–Crippen MR) is 105 cm³/mol. The summed E-state index contributed by atoms with van der Waals surface area (Å²) in [5.74, 6) is -0.112. The molecule has 0 bridgehead atoms. The molecule has 26 heavy (non-hydrogen) atoms. The number of carbonyl (C=O) groups is 2. The Balaban J connectivity index is 1.56. The molecule has 1 N–H and O–H groups in total. The summed E-state index contributed by atoms with van der Waals surface area (Å²) in [7, 11) is 0. The van der Waals surface area contributed by atoms with Gasteiger partial charge in [-0.2, -0.15) is 0 Å². The second-order valence-corrected chi connectivity index (χ2v) is 8.23. The third-order valence-electron chi connectivity index (χ3n) is 4.77. The van der Waals surface area contributed by atoms with Gasteiger partial charge in [-0.05, 0) is 61.4 Å². The minimum absolute atomic E-state index is 0.315. The van der Waals surface area contributed by atoms with Gasteiger partial charge in [0.1, 0.15) is 4.88 Å². The maximum atomic E-state index is 12.3. The molecule has 1 aliphatic rings. The zero-order chi connectivity index (χ0) is 18.7. The van der Waals surface area contributed by atoms with Crippen molar-refractivity contribution in [1.82, 2.24) is 0 Å². The Kier molecular flexibility index (Phi) is 5.99. The van der Waals surface area contributed by atoms with Crippen molar-refractivity contribution in [2.75, 3.05) is 11.9 Å². The number of anilines is 1. The second-order valence-electron chi connectivity index (χ2n) is 6.66. The largest absolute Gasteiger partial charge is 0.451 e. The normalized spacial score (nSPS) is 16.0. The van der Waals surface area contributed by atoms with E-state index in [1.807, 2.05) is 19.1 Å². The zero-order valence-electron chi connectivity index (χ0n) is 14.9. The van der Waals surface area contributed by atoms with E-state index in [1.54, 1.807) is 12.1 Å². The molecule has 4 nitrogen and oxygen atoms in total. The van der Waals surface area contributed by atoms with Crippen molar-refractivity contribution in [3.05, 3.63) is 50.2 Å². The average Bonchev–Trinajstić information content (AvgIpc) is 3.06. The third-order valence-corrected chi connectivity index (χ3v) is 6.22. The SMILES string of the molecule is CCC1CCc2sc(C(=O)OCC(=O)Nc3cc(Cl)ccc3C)cc2C1. The molecule has 1 unspecified atom stereocenters. The van der Waals surface area contributed by atoms with Crippen molar-refractivity contribution in [2.45, 2.75) is 39.5 Å². The topological polar surface area (TPSA) is 55.4 Å². The van der Waals surface area contributed by atoms with Crippen molar-refractivity contribution >= 4 is 40.5 Å². The van der Waals surface area contributed by atoms with Gasteiger partial charge in [0.05, 0.1) is 0 Å². The van der Waals surface area contributed by atoms with Crippen molar-refractivity contribution < 1.29 is 14.3 Å². The summed E-state index contributed by atoms with van der Waals surface area (Å²) in [6, 6.07) is 7.19. The first-order chi connectivity index (χ1) is 12.5. The number of hydrogen-bond acceptors (Lipinski definition) is 4. The number of fused-ring (bicyclic) bond motifs is 1. The summed E-state index contributed by atoms with van der Waals surface area (Å²) in [6.45, 7) is 3.76. The molecule has 0 aliphatic heterocycles. The smallest absolute Gasteiger partial charge is 0.348 e. The number of halogens is 1. The number of thiophene rings is 1. The molecule has 1 aliphatic carbocycles. The molecule has 2 aromatic rings. The standard InChI is InChI=1S/C20H22ClNO3S/c1-3-13-5-7-17-14(8-13)9-18(26-17)20(24)25-11-19(23)22-16-10-15(21)6-4-12(16)2/h4,6,9-10,13H,3,5,7-8,11H2,1-2H3,(H,22,23). The monoisotopic (exact) mass is 391 g/mol. The molecule has 1 aromatic heterocycles. The van der Waals surface area contributed by atoms with E-state index in [0.717, 1.165) is 24.8 Å². The van der Waals surface area contributed by atoms with Gasteiger partial charge < -0.3 is 10.1 Å². The van der Waals surface area contributed by atoms with Crippen LogP contribution < -0.4 is 5.32 Å². The highest BCUT2D eigenvalue weighted by molar-refractivity contribution is 7.14. The highest BCUT2D eigenvalue weighted by Crippen LogP contribution is 2.33. The molecule has 1 heterocycles. The lowest BCUT2D eigenvalue weighted by Crippen LogP contribution is -2.21. The number of esters is 1. The van der Waals surface area contributed by atoms with Gasteiger partial charge in [0.15, 0.2) is 6.61 Å². The van der Waals surface area contributed by atoms with Crippen LogP contribution in [-0.4, -0.2) is 18.5 Å². The highest BCUT2D eigenvalue weighted by Gasteiger charge is 2.23. The summed E-state index contributed by atoms with van der Waals surface area (Å²) in [4.78, 5) is 26.2. The molecular formula is C20H22ClNO3S. The number of aryl methyl sites for hydroxylation is 2. The first kappa shape index (κ1) is 18.9. The van der Waals surface area contributed by atoms with Crippen LogP contribution in [0.2, 0.25) is 5.02 Å². The Hall–Kier alpha value is -1.85. The van der Waals surface area contributed by atoms with E-state index in [1.165, 1.54) is 28.2 Å². The summed E-state index contributed by atoms with van der Waals surface area (Å²) in [5.41, 5.74) is 2.78. The fourth-order valence-electron chi connectivity index (χ4n) is 3.17. The van der Waals surface area contributed by atoms with Gasteiger partial charge in [-0.25, -0.2) is 4.79 Å². The first-order valence-electron chi connectivity index (χ1n) is 8.81. The first-order valence-corrected chi connectivity index (χ1v) is 10.0. The summed E-state index contributed by atoms with van der Waals surface area (Å²) >= 11 is 7.44. The third kappa shape index (κ3) is 4.46. The van der Waals surface area contributed by atoms with Crippen LogP contribution in [0.3, 0.4) is 0 Å². The van der Waals surface area contributed by atoms with Gasteiger partial charge in [0, 0.05) is 15.6 Å². The molecule has 138 valence electrons. The maximum absolute atomic E-state index is 12.3. The van der Waals surface area contributed by atoms with E-state index in [0.29, 0.717) is 21.5 Å². The van der Waals surface area contributed by atoms with Gasteiger partial charge in [-0.15, -0.1) is 11.3 Å². The summed E-state index contributed by atoms with van der Waals surface area (Å²) < 4.78 is 5.19. The highest BCUT2D eigenvalue weighted by atomic mass is 35.5. The molecule has 0 spiro atoms. The van der Waals surface area contributed by atoms with Crippen molar-refractivity contribution in [2.24, 2.45) is 5.92 Å². The maximum Gasteiger partial charge on any atom is 0.348 e. The number of ether oxygens (including phenoxy) is 1. The molecule has 0 saturated heterocycles. The zero-order valence-corrected chi connectivity index (χ0v) is 16.5. The Labute approximate surface area is 162 Å². The number of rotatable bonds is 5. The average molecular weight is 392 g/mol. The lowest BCUT2D eigenvalue weighted by atomic mass is 9.87. The fraction of sp³-hybridized carbons (Fsp3) is 0.400. The molecule has 3 rings (SSSR count). The number of nitrogens with one attached hydrogen (secondary N) is 1.